The maximum Gasteiger partial charge on any atom is 0.177 e. The molecule has 1 N–H and O–H groups in total. The van der Waals surface area contributed by atoms with Crippen molar-refractivity contribution in [2.75, 3.05) is 19.5 Å². The second-order valence-corrected chi connectivity index (χ2v) is 10.1. The van der Waals surface area contributed by atoms with E-state index in [0.29, 0.717) is 29.9 Å². The summed E-state index contributed by atoms with van der Waals surface area (Å²) in [5.41, 5.74) is 2.93. The van der Waals surface area contributed by atoms with Crippen molar-refractivity contribution in [3.8, 4) is 5.69 Å². The summed E-state index contributed by atoms with van der Waals surface area (Å²) in [6, 6.07) is 8.59. The second kappa shape index (κ2) is 5.90. The van der Waals surface area contributed by atoms with Crippen molar-refractivity contribution < 1.29 is 17.5 Å². The van der Waals surface area contributed by atoms with Gasteiger partial charge in [-0.25, -0.2) is 12.8 Å². The van der Waals surface area contributed by atoms with Gasteiger partial charge >= 0.3 is 0 Å². The Hall–Kier alpha value is -2.71. The van der Waals surface area contributed by atoms with Crippen molar-refractivity contribution in [2.45, 2.75) is 24.2 Å². The van der Waals surface area contributed by atoms with Crippen LogP contribution in [0, 0.1) is 12.7 Å². The molecule has 2 aromatic heterocycles. The summed E-state index contributed by atoms with van der Waals surface area (Å²) < 4.78 is 47.3. The molecule has 29 heavy (non-hydrogen) atoms. The van der Waals surface area contributed by atoms with Crippen molar-refractivity contribution in [2.24, 2.45) is 0 Å². The van der Waals surface area contributed by atoms with Crippen LogP contribution < -0.4 is 0 Å². The van der Waals surface area contributed by atoms with Crippen molar-refractivity contribution in [3.63, 3.8) is 0 Å². The van der Waals surface area contributed by atoms with E-state index < -0.39 is 15.3 Å². The lowest BCUT2D eigenvalue weighted by atomic mass is 9.84. The highest BCUT2D eigenvalue weighted by Crippen LogP contribution is 2.44. The number of benzene rings is 2. The Bertz CT molecular complexity index is 1400. The molecule has 0 aliphatic carbocycles. The minimum absolute atomic E-state index is 0.289. The highest BCUT2D eigenvalue weighted by molar-refractivity contribution is 7.91. The van der Waals surface area contributed by atoms with E-state index in [1.807, 2.05) is 23.6 Å². The zero-order valence-corrected chi connectivity index (χ0v) is 17.1. The van der Waals surface area contributed by atoms with Crippen LogP contribution in [0.3, 0.4) is 0 Å². The minimum atomic E-state index is -3.56. The van der Waals surface area contributed by atoms with Gasteiger partial charge in [0.2, 0.25) is 0 Å². The number of aromatic nitrogens is 3. The number of fused-ring (bicyclic) bond motifs is 2. The third-order valence-electron chi connectivity index (χ3n) is 5.66. The number of aromatic amines is 1. The maximum absolute atomic E-state index is 14.0. The Balaban J connectivity index is 2.00. The molecule has 1 aliphatic rings. The van der Waals surface area contributed by atoms with Crippen LogP contribution in [-0.2, 0) is 20.0 Å². The van der Waals surface area contributed by atoms with Crippen molar-refractivity contribution in [3.05, 3.63) is 53.6 Å². The third kappa shape index (κ3) is 2.63. The number of nitrogens with zero attached hydrogens (tertiary/aromatic N) is 2. The number of aryl methyl sites for hydroxylation is 1. The zero-order valence-electron chi connectivity index (χ0n) is 16.3. The van der Waals surface area contributed by atoms with Crippen LogP contribution in [0.2, 0.25) is 0 Å². The molecule has 4 aromatic rings. The van der Waals surface area contributed by atoms with E-state index in [0.717, 1.165) is 22.1 Å². The van der Waals surface area contributed by atoms with Crippen LogP contribution in [-0.4, -0.2) is 42.7 Å². The second-order valence-electron chi connectivity index (χ2n) is 8.10. The van der Waals surface area contributed by atoms with E-state index in [9.17, 15) is 12.8 Å². The van der Waals surface area contributed by atoms with E-state index in [1.165, 1.54) is 12.3 Å². The molecule has 150 valence electrons. The van der Waals surface area contributed by atoms with Gasteiger partial charge in [-0.2, -0.15) is 5.10 Å². The number of nitrogens with one attached hydrogen (secondary N) is 1. The van der Waals surface area contributed by atoms with Crippen molar-refractivity contribution in [1.82, 2.24) is 14.8 Å². The standard InChI is InChI=1S/C21H20FN3O3S/c1-12-6-14(4-5-16(12)22)25-18-7-13-9-23-24-17(13)8-15(18)19(29(3,26)27)20(25)21(2)10-28-11-21/h4-9H,10-11H2,1-3H3,(H,23,24). The third-order valence-corrected chi connectivity index (χ3v) is 6.82. The smallest absolute Gasteiger partial charge is 0.177 e. The lowest BCUT2D eigenvalue weighted by Gasteiger charge is -2.39. The fourth-order valence-corrected chi connectivity index (χ4v) is 5.45. The van der Waals surface area contributed by atoms with E-state index in [1.54, 1.807) is 25.3 Å². The van der Waals surface area contributed by atoms with Crippen LogP contribution >= 0.6 is 0 Å². The number of rotatable bonds is 3. The largest absolute Gasteiger partial charge is 0.379 e. The van der Waals surface area contributed by atoms with Crippen LogP contribution in [0.1, 0.15) is 18.2 Å². The normalized spacial score (nSPS) is 16.4. The quantitative estimate of drug-likeness (QED) is 0.556. The van der Waals surface area contributed by atoms with Gasteiger partial charge in [-0.15, -0.1) is 0 Å². The summed E-state index contributed by atoms with van der Waals surface area (Å²) in [7, 11) is -3.56. The molecule has 8 heteroatoms. The topological polar surface area (TPSA) is 77.0 Å². The van der Waals surface area contributed by atoms with Gasteiger partial charge in [-0.05, 0) is 49.7 Å². The van der Waals surface area contributed by atoms with Crippen molar-refractivity contribution >= 4 is 31.6 Å². The highest BCUT2D eigenvalue weighted by atomic mass is 32.2. The first-order valence-electron chi connectivity index (χ1n) is 9.25. The molecule has 5 rings (SSSR count). The molecule has 1 saturated heterocycles. The van der Waals surface area contributed by atoms with Gasteiger partial charge < -0.3 is 9.30 Å². The molecule has 3 heterocycles. The van der Waals surface area contributed by atoms with Gasteiger partial charge in [0.1, 0.15) is 5.82 Å². The van der Waals surface area contributed by atoms with Crippen molar-refractivity contribution in [1.29, 1.82) is 0 Å². The summed E-state index contributed by atoms with van der Waals surface area (Å²) >= 11 is 0. The van der Waals surface area contributed by atoms with Crippen LogP contribution in [0.15, 0.2) is 41.4 Å². The Morgan fingerprint density at radius 1 is 1.24 bits per heavy atom. The number of hydrogen-bond donors (Lipinski definition) is 1. The zero-order chi connectivity index (χ0) is 20.6. The monoisotopic (exact) mass is 413 g/mol. The first-order valence-corrected chi connectivity index (χ1v) is 11.1. The Labute approximate surface area is 167 Å². The summed E-state index contributed by atoms with van der Waals surface area (Å²) in [5, 5.41) is 8.47. The molecule has 2 aromatic carbocycles. The number of sulfone groups is 1. The van der Waals surface area contributed by atoms with Crippen LogP contribution in [0.5, 0.6) is 0 Å². The molecule has 0 amide bonds. The number of hydrogen-bond acceptors (Lipinski definition) is 4. The molecule has 1 fully saturated rings. The van der Waals surface area contributed by atoms with E-state index in [-0.39, 0.29) is 10.7 Å². The van der Waals surface area contributed by atoms with Gasteiger partial charge in [0.15, 0.2) is 9.84 Å². The van der Waals surface area contributed by atoms with Gasteiger partial charge in [0, 0.05) is 22.7 Å². The predicted octanol–water partition coefficient (Wildman–Crippen LogP) is 3.65. The molecular formula is C21H20FN3O3S. The lowest BCUT2D eigenvalue weighted by Crippen LogP contribution is -2.46. The van der Waals surface area contributed by atoms with Gasteiger partial charge in [-0.3, -0.25) is 5.10 Å². The first kappa shape index (κ1) is 18.3. The lowest BCUT2D eigenvalue weighted by molar-refractivity contribution is -0.0540. The van der Waals surface area contributed by atoms with Gasteiger partial charge in [-0.1, -0.05) is 0 Å². The first-order chi connectivity index (χ1) is 13.7. The molecule has 6 nitrogen and oxygen atoms in total. The van der Waals surface area contributed by atoms with Gasteiger partial charge in [0.05, 0.1) is 46.4 Å². The van der Waals surface area contributed by atoms with Crippen LogP contribution in [0.25, 0.3) is 27.5 Å². The SMILES string of the molecule is Cc1cc(-n2c(C3(C)COC3)c(S(C)(=O)=O)c3cc4[nH]ncc4cc32)ccc1F. The summed E-state index contributed by atoms with van der Waals surface area (Å²) in [6.07, 6.45) is 2.93. The summed E-state index contributed by atoms with van der Waals surface area (Å²) in [4.78, 5) is 0.289. The van der Waals surface area contributed by atoms with Gasteiger partial charge in [0.25, 0.3) is 0 Å². The Morgan fingerprint density at radius 3 is 2.62 bits per heavy atom. The average molecular weight is 413 g/mol. The molecule has 1 aliphatic heterocycles. The Kier molecular flexibility index (Phi) is 3.73. The van der Waals surface area contributed by atoms with E-state index in [2.05, 4.69) is 10.2 Å². The fourth-order valence-electron chi connectivity index (χ4n) is 4.20. The number of halogens is 1. The van der Waals surface area contributed by atoms with E-state index >= 15 is 0 Å². The minimum Gasteiger partial charge on any atom is -0.379 e. The predicted molar refractivity (Wildman–Crippen MR) is 109 cm³/mol. The molecule has 0 atom stereocenters. The number of ether oxygens (including phenoxy) is 1. The Morgan fingerprint density at radius 2 is 2.00 bits per heavy atom. The fraction of sp³-hybridized carbons (Fsp3) is 0.286. The molecule has 0 unspecified atom stereocenters. The van der Waals surface area contributed by atoms with Crippen LogP contribution in [0.4, 0.5) is 4.39 Å². The van der Waals surface area contributed by atoms with E-state index in [4.69, 9.17) is 4.74 Å². The molecular weight excluding hydrogens is 393 g/mol. The molecule has 0 spiro atoms. The molecule has 0 bridgehead atoms. The summed E-state index contributed by atoms with van der Waals surface area (Å²) in [6.45, 7) is 4.54. The highest BCUT2D eigenvalue weighted by Gasteiger charge is 2.43. The molecule has 0 radical (unpaired) electrons. The molecule has 0 saturated carbocycles. The maximum atomic E-state index is 14.0. The summed E-state index contributed by atoms with van der Waals surface area (Å²) in [5.74, 6) is -0.300. The number of H-pyrrole nitrogens is 1. The average Bonchev–Trinajstić information content (AvgIpc) is 3.21.